The molecule has 0 spiro atoms. The number of phenols is 1. The number of carbonyl (C=O) groups excluding carboxylic acids is 1. The molecular weight excluding hydrogens is 388 g/mol. The van der Waals surface area contributed by atoms with Gasteiger partial charge in [0.1, 0.15) is 11.5 Å². The molecule has 0 aliphatic heterocycles. The fraction of sp³-hybridized carbons (Fsp3) is 0.148. The molecular formula is C27H22O4. The normalized spacial score (nSPS) is 11.6. The van der Waals surface area contributed by atoms with E-state index in [2.05, 4.69) is 48.5 Å². The summed E-state index contributed by atoms with van der Waals surface area (Å²) in [5.74, 6) is 0.0448. The molecule has 0 saturated heterocycles. The maximum atomic E-state index is 11.6. The second-order valence-corrected chi connectivity index (χ2v) is 8.03. The first-order chi connectivity index (χ1) is 15.0. The van der Waals surface area contributed by atoms with Crippen molar-refractivity contribution in [2.45, 2.75) is 13.8 Å². The van der Waals surface area contributed by atoms with Gasteiger partial charge in [0.2, 0.25) is 6.79 Å². The fourth-order valence-corrected chi connectivity index (χ4v) is 4.13. The minimum atomic E-state index is -0.324. The Bertz CT molecular complexity index is 1470. The summed E-state index contributed by atoms with van der Waals surface area (Å²) < 4.78 is 10.6. The lowest BCUT2D eigenvalue weighted by molar-refractivity contribution is -0.153. The molecule has 4 heteroatoms. The first-order valence-corrected chi connectivity index (χ1v) is 10.3. The van der Waals surface area contributed by atoms with Crippen LogP contribution in [0.1, 0.15) is 13.8 Å². The third-order valence-corrected chi connectivity index (χ3v) is 5.69. The van der Waals surface area contributed by atoms with E-state index < -0.39 is 0 Å². The lowest BCUT2D eigenvalue weighted by atomic mass is 9.94. The van der Waals surface area contributed by atoms with Crippen molar-refractivity contribution in [3.63, 3.8) is 0 Å². The summed E-state index contributed by atoms with van der Waals surface area (Å²) in [7, 11) is 0. The van der Waals surface area contributed by atoms with Crippen molar-refractivity contribution in [1.29, 1.82) is 0 Å². The predicted octanol–water partition coefficient (Wildman–Crippen LogP) is 6.54. The Kier molecular flexibility index (Phi) is 4.63. The highest BCUT2D eigenvalue weighted by atomic mass is 16.7. The quantitative estimate of drug-likeness (QED) is 0.208. The van der Waals surface area contributed by atoms with E-state index in [1.807, 2.05) is 18.2 Å². The number of carbonyl (C=O) groups is 1. The van der Waals surface area contributed by atoms with Crippen LogP contribution in [0.3, 0.4) is 0 Å². The van der Waals surface area contributed by atoms with Gasteiger partial charge in [-0.25, -0.2) is 0 Å². The highest BCUT2D eigenvalue weighted by Gasteiger charge is 2.12. The van der Waals surface area contributed by atoms with E-state index in [-0.39, 0.29) is 24.4 Å². The zero-order valence-corrected chi connectivity index (χ0v) is 17.4. The lowest BCUT2D eigenvalue weighted by Gasteiger charge is -2.13. The molecule has 5 aromatic carbocycles. The average molecular weight is 410 g/mol. The lowest BCUT2D eigenvalue weighted by Crippen LogP contribution is -2.15. The van der Waals surface area contributed by atoms with Crippen molar-refractivity contribution in [1.82, 2.24) is 0 Å². The van der Waals surface area contributed by atoms with Gasteiger partial charge in [-0.2, -0.15) is 0 Å². The summed E-state index contributed by atoms with van der Waals surface area (Å²) in [5, 5.41) is 19.3. The van der Waals surface area contributed by atoms with Gasteiger partial charge in [-0.1, -0.05) is 74.5 Å². The van der Waals surface area contributed by atoms with Gasteiger partial charge in [0.05, 0.1) is 5.92 Å². The van der Waals surface area contributed by atoms with Crippen LogP contribution in [-0.2, 0) is 9.53 Å². The van der Waals surface area contributed by atoms with Gasteiger partial charge in [0, 0.05) is 11.5 Å². The number of benzene rings is 5. The first-order valence-electron chi connectivity index (χ1n) is 10.3. The Morgan fingerprint density at radius 1 is 0.806 bits per heavy atom. The third-order valence-electron chi connectivity index (χ3n) is 5.69. The molecule has 0 saturated carbocycles. The smallest absolute Gasteiger partial charge is 0.311 e. The second-order valence-electron chi connectivity index (χ2n) is 8.03. The summed E-state index contributed by atoms with van der Waals surface area (Å²) in [6.07, 6.45) is 0. The maximum absolute atomic E-state index is 11.6. The van der Waals surface area contributed by atoms with Crippen molar-refractivity contribution >= 4 is 49.1 Å². The highest BCUT2D eigenvalue weighted by Crippen LogP contribution is 2.39. The molecule has 0 radical (unpaired) electrons. The van der Waals surface area contributed by atoms with Crippen LogP contribution < -0.4 is 4.74 Å². The predicted molar refractivity (Wildman–Crippen MR) is 125 cm³/mol. The van der Waals surface area contributed by atoms with Crippen LogP contribution in [-0.4, -0.2) is 17.9 Å². The molecule has 5 aromatic rings. The molecule has 5 rings (SSSR count). The van der Waals surface area contributed by atoms with E-state index in [9.17, 15) is 9.90 Å². The van der Waals surface area contributed by atoms with Gasteiger partial charge in [0.15, 0.2) is 0 Å². The van der Waals surface area contributed by atoms with E-state index in [4.69, 9.17) is 9.47 Å². The number of rotatable bonds is 4. The van der Waals surface area contributed by atoms with Crippen molar-refractivity contribution < 1.29 is 19.4 Å². The van der Waals surface area contributed by atoms with Gasteiger partial charge in [-0.15, -0.1) is 0 Å². The van der Waals surface area contributed by atoms with E-state index >= 15 is 0 Å². The standard InChI is InChI=1S/C27H22O4/c1-16(2)27(29)31-15-30-19-13-18-8-10-23-22-9-7-17-5-3-4-6-20(17)21(22)11-12-24(23)26(18)25(28)14-19/h3-14,16,28H,15H2,1-2H3. The Morgan fingerprint density at radius 3 is 2.26 bits per heavy atom. The Labute approximate surface area is 179 Å². The monoisotopic (exact) mass is 410 g/mol. The number of ether oxygens (including phenoxy) is 2. The van der Waals surface area contributed by atoms with Gasteiger partial charge in [0.25, 0.3) is 0 Å². The first kappa shape index (κ1) is 19.2. The van der Waals surface area contributed by atoms with Gasteiger partial charge in [-0.05, 0) is 43.8 Å². The Morgan fingerprint density at radius 2 is 1.45 bits per heavy atom. The molecule has 0 aliphatic carbocycles. The van der Waals surface area contributed by atoms with Crippen LogP contribution in [0, 0.1) is 5.92 Å². The van der Waals surface area contributed by atoms with Crippen LogP contribution in [0.5, 0.6) is 11.5 Å². The zero-order valence-electron chi connectivity index (χ0n) is 17.4. The summed E-state index contributed by atoms with van der Waals surface area (Å²) >= 11 is 0. The van der Waals surface area contributed by atoms with Crippen molar-refractivity contribution in [3.8, 4) is 11.5 Å². The van der Waals surface area contributed by atoms with Gasteiger partial charge in [-0.3, -0.25) is 4.79 Å². The van der Waals surface area contributed by atoms with Crippen LogP contribution in [0.2, 0.25) is 0 Å². The van der Waals surface area contributed by atoms with Crippen molar-refractivity contribution in [3.05, 3.63) is 72.8 Å². The number of fused-ring (bicyclic) bond motifs is 7. The third kappa shape index (κ3) is 3.30. The molecule has 4 nitrogen and oxygen atoms in total. The van der Waals surface area contributed by atoms with E-state index in [0.717, 1.165) is 26.9 Å². The summed E-state index contributed by atoms with van der Waals surface area (Å²) in [6, 6.07) is 24.3. The molecule has 0 fully saturated rings. The minimum Gasteiger partial charge on any atom is -0.507 e. The molecule has 0 bridgehead atoms. The van der Waals surface area contributed by atoms with Gasteiger partial charge >= 0.3 is 5.97 Å². The number of aromatic hydroxyl groups is 1. The topological polar surface area (TPSA) is 55.8 Å². The van der Waals surface area contributed by atoms with E-state index in [1.165, 1.54) is 16.2 Å². The molecule has 0 unspecified atom stereocenters. The molecule has 0 amide bonds. The van der Waals surface area contributed by atoms with Crippen LogP contribution >= 0.6 is 0 Å². The van der Waals surface area contributed by atoms with Crippen molar-refractivity contribution in [2.24, 2.45) is 5.92 Å². The molecule has 0 heterocycles. The minimum absolute atomic E-state index is 0.133. The highest BCUT2D eigenvalue weighted by molar-refractivity contribution is 6.23. The summed E-state index contributed by atoms with van der Waals surface area (Å²) in [6.45, 7) is 3.34. The summed E-state index contributed by atoms with van der Waals surface area (Å²) in [4.78, 5) is 11.6. The van der Waals surface area contributed by atoms with E-state index in [0.29, 0.717) is 5.75 Å². The molecule has 154 valence electrons. The average Bonchev–Trinajstić information content (AvgIpc) is 2.77. The van der Waals surface area contributed by atoms with Gasteiger partial charge < -0.3 is 14.6 Å². The van der Waals surface area contributed by atoms with Crippen LogP contribution in [0.15, 0.2) is 72.8 Å². The summed E-state index contributed by atoms with van der Waals surface area (Å²) in [5.41, 5.74) is 0. The largest absolute Gasteiger partial charge is 0.507 e. The Balaban J connectivity index is 1.60. The SMILES string of the molecule is CC(C)C(=O)OCOc1cc(O)c2c(ccc3c4ccc5ccccc5c4ccc32)c1. The van der Waals surface area contributed by atoms with Crippen molar-refractivity contribution in [2.75, 3.05) is 6.79 Å². The molecule has 0 atom stereocenters. The maximum Gasteiger partial charge on any atom is 0.311 e. The van der Waals surface area contributed by atoms with E-state index in [1.54, 1.807) is 19.9 Å². The Hall–Kier alpha value is -3.79. The van der Waals surface area contributed by atoms with Crippen LogP contribution in [0.25, 0.3) is 43.1 Å². The fourth-order valence-electron chi connectivity index (χ4n) is 4.13. The number of hydrogen-bond donors (Lipinski definition) is 1. The molecule has 0 aromatic heterocycles. The van der Waals surface area contributed by atoms with Crippen LogP contribution in [0.4, 0.5) is 0 Å². The zero-order chi connectivity index (χ0) is 21.5. The molecule has 31 heavy (non-hydrogen) atoms. The number of hydrogen-bond acceptors (Lipinski definition) is 4. The number of esters is 1. The second kappa shape index (κ2) is 7.47. The molecule has 0 aliphatic rings. The molecule has 1 N–H and O–H groups in total. The number of phenolic OH excluding ortho intramolecular Hbond substituents is 1.